The molecule has 0 radical (unpaired) electrons. The molecule has 7 nitrogen and oxygen atoms in total. The molecule has 0 bridgehead atoms. The highest BCUT2D eigenvalue weighted by Gasteiger charge is 2.09. The first-order valence-electron chi connectivity index (χ1n) is 6.03. The lowest BCUT2D eigenvalue weighted by Gasteiger charge is -2.04. The van der Waals surface area contributed by atoms with Gasteiger partial charge in [0.2, 0.25) is 0 Å². The summed E-state index contributed by atoms with van der Waals surface area (Å²) in [5.74, 6) is -0.291. The van der Waals surface area contributed by atoms with E-state index in [9.17, 15) is 4.79 Å². The third kappa shape index (κ3) is 3.19. The van der Waals surface area contributed by atoms with Gasteiger partial charge < -0.3 is 10.4 Å². The zero-order valence-electron chi connectivity index (χ0n) is 11.0. The normalized spacial score (nSPS) is 10.7. The number of aromatic nitrogens is 4. The molecule has 0 saturated carbocycles. The number of aliphatic hydroxyl groups is 1. The number of carbonyl (C=O) groups excluding carboxylic acids is 1. The fraction of sp³-hybridized carbons (Fsp3) is 0.417. The maximum absolute atomic E-state index is 11.6. The van der Waals surface area contributed by atoms with Crippen molar-refractivity contribution in [3.05, 3.63) is 35.4 Å². The first-order valence-corrected chi connectivity index (χ1v) is 6.03. The summed E-state index contributed by atoms with van der Waals surface area (Å²) in [6.45, 7) is 4.51. The van der Waals surface area contributed by atoms with E-state index in [2.05, 4.69) is 15.5 Å². The molecule has 102 valence electrons. The summed E-state index contributed by atoms with van der Waals surface area (Å²) in [5, 5.41) is 19.7. The van der Waals surface area contributed by atoms with Crippen molar-refractivity contribution in [2.75, 3.05) is 13.2 Å². The molecular weight excluding hydrogens is 246 g/mol. The third-order valence-electron chi connectivity index (χ3n) is 2.65. The zero-order chi connectivity index (χ0) is 13.8. The van der Waals surface area contributed by atoms with Crippen LogP contribution in [0, 0.1) is 13.8 Å². The Morgan fingerprint density at radius 2 is 2.21 bits per heavy atom. The first kappa shape index (κ1) is 13.3. The predicted octanol–water partition coefficient (Wildman–Crippen LogP) is -0.0757. The SMILES string of the molecule is Cc1cc(C)n(Cn2ccc(C(=O)NCCO)n2)n1. The largest absolute Gasteiger partial charge is 0.395 e. The van der Waals surface area contributed by atoms with E-state index in [0.717, 1.165) is 11.4 Å². The van der Waals surface area contributed by atoms with E-state index in [0.29, 0.717) is 12.4 Å². The molecule has 7 heteroatoms. The van der Waals surface area contributed by atoms with Crippen LogP contribution in [0.2, 0.25) is 0 Å². The highest BCUT2D eigenvalue weighted by atomic mass is 16.3. The van der Waals surface area contributed by atoms with Crippen LogP contribution in [0.15, 0.2) is 18.3 Å². The van der Waals surface area contributed by atoms with Crippen LogP contribution in [-0.4, -0.2) is 43.7 Å². The lowest BCUT2D eigenvalue weighted by molar-refractivity contribution is 0.0939. The summed E-state index contributed by atoms with van der Waals surface area (Å²) in [6, 6.07) is 3.62. The lowest BCUT2D eigenvalue weighted by Crippen LogP contribution is -2.27. The molecule has 1 amide bonds. The number of carbonyl (C=O) groups is 1. The molecule has 19 heavy (non-hydrogen) atoms. The van der Waals surface area contributed by atoms with Gasteiger partial charge in [0.15, 0.2) is 0 Å². The van der Waals surface area contributed by atoms with Crippen molar-refractivity contribution in [1.29, 1.82) is 0 Å². The summed E-state index contributed by atoms with van der Waals surface area (Å²) in [6.07, 6.45) is 1.73. The average molecular weight is 263 g/mol. The molecule has 0 saturated heterocycles. The average Bonchev–Trinajstić information content (AvgIpc) is 2.94. The molecular formula is C12H17N5O2. The van der Waals surface area contributed by atoms with Crippen molar-refractivity contribution < 1.29 is 9.90 Å². The topological polar surface area (TPSA) is 85.0 Å². The van der Waals surface area contributed by atoms with Crippen molar-refractivity contribution in [2.45, 2.75) is 20.5 Å². The molecule has 0 spiro atoms. The van der Waals surface area contributed by atoms with Gasteiger partial charge in [-0.25, -0.2) is 4.68 Å². The zero-order valence-corrected chi connectivity index (χ0v) is 11.0. The Morgan fingerprint density at radius 3 is 2.84 bits per heavy atom. The van der Waals surface area contributed by atoms with E-state index in [1.165, 1.54) is 0 Å². The quantitative estimate of drug-likeness (QED) is 0.790. The number of nitrogens with one attached hydrogen (secondary N) is 1. The molecule has 2 N–H and O–H groups in total. The van der Waals surface area contributed by atoms with Crippen LogP contribution < -0.4 is 5.32 Å². The van der Waals surface area contributed by atoms with Gasteiger partial charge in [0.05, 0.1) is 12.3 Å². The van der Waals surface area contributed by atoms with E-state index in [4.69, 9.17) is 5.11 Å². The molecule has 2 rings (SSSR count). The number of aliphatic hydroxyl groups excluding tert-OH is 1. The van der Waals surface area contributed by atoms with Crippen molar-refractivity contribution in [3.63, 3.8) is 0 Å². The third-order valence-corrected chi connectivity index (χ3v) is 2.65. The number of nitrogens with zero attached hydrogens (tertiary/aromatic N) is 4. The Balaban J connectivity index is 2.05. The number of hydrogen-bond acceptors (Lipinski definition) is 4. The van der Waals surface area contributed by atoms with Gasteiger partial charge in [0.25, 0.3) is 5.91 Å². The minimum atomic E-state index is -0.291. The number of rotatable bonds is 5. The summed E-state index contributed by atoms with van der Waals surface area (Å²) >= 11 is 0. The van der Waals surface area contributed by atoms with Gasteiger partial charge in [0, 0.05) is 18.4 Å². The minimum absolute atomic E-state index is 0.0851. The minimum Gasteiger partial charge on any atom is -0.395 e. The van der Waals surface area contributed by atoms with Crippen LogP contribution in [0.1, 0.15) is 21.9 Å². The van der Waals surface area contributed by atoms with E-state index in [-0.39, 0.29) is 19.1 Å². The highest BCUT2D eigenvalue weighted by molar-refractivity contribution is 5.92. The molecule has 0 aliphatic heterocycles. The van der Waals surface area contributed by atoms with Gasteiger partial charge >= 0.3 is 0 Å². The second-order valence-electron chi connectivity index (χ2n) is 4.29. The Labute approximate surface area is 110 Å². The summed E-state index contributed by atoms with van der Waals surface area (Å²) in [4.78, 5) is 11.6. The molecule has 0 atom stereocenters. The molecule has 2 aromatic rings. The van der Waals surface area contributed by atoms with E-state index < -0.39 is 0 Å². The maximum Gasteiger partial charge on any atom is 0.271 e. The second kappa shape index (κ2) is 5.66. The first-order chi connectivity index (χ1) is 9.10. The van der Waals surface area contributed by atoms with E-state index >= 15 is 0 Å². The van der Waals surface area contributed by atoms with Gasteiger partial charge in [-0.15, -0.1) is 0 Å². The predicted molar refractivity (Wildman–Crippen MR) is 68.7 cm³/mol. The Bertz CT molecular complexity index is 572. The van der Waals surface area contributed by atoms with Crippen LogP contribution in [-0.2, 0) is 6.67 Å². The number of hydrogen-bond donors (Lipinski definition) is 2. The monoisotopic (exact) mass is 263 g/mol. The summed E-state index contributed by atoms with van der Waals surface area (Å²) in [7, 11) is 0. The number of amides is 1. The Kier molecular flexibility index (Phi) is 3.96. The fourth-order valence-electron chi connectivity index (χ4n) is 1.78. The number of aryl methyl sites for hydroxylation is 2. The van der Waals surface area contributed by atoms with Crippen LogP contribution in [0.25, 0.3) is 0 Å². The van der Waals surface area contributed by atoms with Crippen LogP contribution >= 0.6 is 0 Å². The van der Waals surface area contributed by atoms with Crippen LogP contribution in [0.4, 0.5) is 0 Å². The van der Waals surface area contributed by atoms with Gasteiger partial charge in [-0.2, -0.15) is 10.2 Å². The van der Waals surface area contributed by atoms with E-state index in [1.54, 1.807) is 16.9 Å². The van der Waals surface area contributed by atoms with E-state index in [1.807, 2.05) is 24.6 Å². The lowest BCUT2D eigenvalue weighted by atomic mass is 10.4. The maximum atomic E-state index is 11.6. The van der Waals surface area contributed by atoms with Crippen LogP contribution in [0.5, 0.6) is 0 Å². The molecule has 0 aliphatic carbocycles. The van der Waals surface area contributed by atoms with Gasteiger partial charge in [-0.1, -0.05) is 0 Å². The van der Waals surface area contributed by atoms with Crippen molar-refractivity contribution in [1.82, 2.24) is 24.9 Å². The van der Waals surface area contributed by atoms with Crippen LogP contribution in [0.3, 0.4) is 0 Å². The molecule has 0 aliphatic rings. The van der Waals surface area contributed by atoms with Gasteiger partial charge in [-0.05, 0) is 26.0 Å². The molecule has 0 unspecified atom stereocenters. The molecule has 2 heterocycles. The summed E-state index contributed by atoms with van der Waals surface area (Å²) in [5.41, 5.74) is 2.32. The smallest absolute Gasteiger partial charge is 0.271 e. The summed E-state index contributed by atoms with van der Waals surface area (Å²) < 4.78 is 3.46. The van der Waals surface area contributed by atoms with Crippen molar-refractivity contribution in [2.24, 2.45) is 0 Å². The Hall–Kier alpha value is -2.15. The van der Waals surface area contributed by atoms with Gasteiger partial charge in [0.1, 0.15) is 12.4 Å². The fourth-order valence-corrected chi connectivity index (χ4v) is 1.78. The van der Waals surface area contributed by atoms with Gasteiger partial charge in [-0.3, -0.25) is 9.48 Å². The van der Waals surface area contributed by atoms with Crippen molar-refractivity contribution >= 4 is 5.91 Å². The molecule has 0 fully saturated rings. The van der Waals surface area contributed by atoms with Crippen molar-refractivity contribution in [3.8, 4) is 0 Å². The standard InChI is InChI=1S/C12H17N5O2/c1-9-7-10(2)17(14-9)8-16-5-3-11(15-16)12(19)13-4-6-18/h3,5,7,18H,4,6,8H2,1-2H3,(H,13,19). The molecule has 2 aromatic heterocycles. The Morgan fingerprint density at radius 1 is 1.42 bits per heavy atom. The highest BCUT2D eigenvalue weighted by Crippen LogP contribution is 2.03. The second-order valence-corrected chi connectivity index (χ2v) is 4.29. The molecule has 0 aromatic carbocycles.